The lowest BCUT2D eigenvalue weighted by molar-refractivity contribution is 0.978. The lowest BCUT2D eigenvalue weighted by Gasteiger charge is -2.17. The Morgan fingerprint density at radius 1 is 0.571 bits per heavy atom. The van der Waals surface area contributed by atoms with Gasteiger partial charge in [-0.15, -0.1) is 0 Å². The van der Waals surface area contributed by atoms with E-state index < -0.39 is 0 Å². The fraction of sp³-hybridized carbons (Fsp3) is 0.0556. The van der Waals surface area contributed by atoms with E-state index in [0.29, 0.717) is 11.3 Å². The molecule has 1 aliphatic rings. The average Bonchev–Trinajstić information content (AvgIpc) is 3.58. The van der Waals surface area contributed by atoms with E-state index in [2.05, 4.69) is 110 Å². The molecule has 6 nitrogen and oxygen atoms in total. The minimum atomic E-state index is 0.519. The molecular weight excluding hydrogens is 516 g/mol. The van der Waals surface area contributed by atoms with Gasteiger partial charge in [-0.25, -0.2) is 19.9 Å². The third kappa shape index (κ3) is 3.26. The van der Waals surface area contributed by atoms with Gasteiger partial charge in [0, 0.05) is 45.2 Å². The van der Waals surface area contributed by atoms with Gasteiger partial charge in [-0.3, -0.25) is 4.57 Å². The van der Waals surface area contributed by atoms with Crippen LogP contribution >= 0.6 is 0 Å². The number of para-hydroxylation sites is 2. The topological polar surface area (TPSA) is 61.4 Å². The first kappa shape index (κ1) is 23.1. The van der Waals surface area contributed by atoms with Gasteiger partial charge in [0.2, 0.25) is 0 Å². The van der Waals surface area contributed by atoms with E-state index in [9.17, 15) is 0 Å². The molecule has 9 rings (SSSR count). The van der Waals surface area contributed by atoms with Crippen molar-refractivity contribution in [2.75, 3.05) is 0 Å². The second-order valence-corrected chi connectivity index (χ2v) is 10.7. The van der Waals surface area contributed by atoms with E-state index >= 15 is 0 Å². The Hall–Kier alpha value is -5.62. The fourth-order valence-corrected chi connectivity index (χ4v) is 6.53. The van der Waals surface area contributed by atoms with Gasteiger partial charge >= 0.3 is 0 Å². The van der Waals surface area contributed by atoms with Crippen LogP contribution in [0.15, 0.2) is 122 Å². The molecule has 0 unspecified atom stereocenters. The number of aromatic nitrogens is 6. The van der Waals surface area contributed by atoms with Crippen molar-refractivity contribution < 1.29 is 0 Å². The van der Waals surface area contributed by atoms with Crippen LogP contribution in [0, 0.1) is 0 Å². The molecule has 0 atom stereocenters. The maximum absolute atomic E-state index is 5.19. The second kappa shape index (κ2) is 8.94. The van der Waals surface area contributed by atoms with Crippen molar-refractivity contribution in [3.05, 3.63) is 122 Å². The van der Waals surface area contributed by atoms with Gasteiger partial charge in [-0.1, -0.05) is 91.0 Å². The number of benzene rings is 4. The van der Waals surface area contributed by atoms with Crippen LogP contribution < -0.4 is 0 Å². The van der Waals surface area contributed by atoms with Gasteiger partial charge in [0.05, 0.1) is 22.1 Å². The molecule has 0 bridgehead atoms. The summed E-state index contributed by atoms with van der Waals surface area (Å²) >= 11 is 0. The maximum Gasteiger partial charge on any atom is 0.199 e. The summed E-state index contributed by atoms with van der Waals surface area (Å²) in [5.41, 5.74) is 8.64. The number of rotatable bonds is 3. The number of allylic oxidation sites excluding steroid dienone is 4. The zero-order chi connectivity index (χ0) is 27.6. The molecule has 42 heavy (non-hydrogen) atoms. The summed E-state index contributed by atoms with van der Waals surface area (Å²) in [5, 5.41) is 4.80. The van der Waals surface area contributed by atoms with Crippen LogP contribution in [-0.2, 0) is 0 Å². The van der Waals surface area contributed by atoms with Crippen LogP contribution in [0.3, 0.4) is 0 Å². The summed E-state index contributed by atoms with van der Waals surface area (Å²) in [6.07, 6.45) is 12.0. The van der Waals surface area contributed by atoms with Gasteiger partial charge in [0.25, 0.3) is 0 Å². The standard InChI is InChI=1S/C36H24N6/c1-3-11-23(12-4-1)31-36(40-35-34(39-31)37-21-22-38-35)42-30-18-10-8-16-26(30)28-20-19-27-25-15-7-9-17-29(25)41(32(27)33(28)42)24-13-5-2-6-14-24/h1-5,7-13,15-22H,6,14H2. The van der Waals surface area contributed by atoms with Crippen molar-refractivity contribution in [1.82, 2.24) is 29.1 Å². The Morgan fingerprint density at radius 2 is 1.19 bits per heavy atom. The third-order valence-corrected chi connectivity index (χ3v) is 8.31. The summed E-state index contributed by atoms with van der Waals surface area (Å²) in [4.78, 5) is 19.3. The van der Waals surface area contributed by atoms with Crippen molar-refractivity contribution in [2.45, 2.75) is 12.8 Å². The van der Waals surface area contributed by atoms with Crippen LogP contribution in [0.1, 0.15) is 12.8 Å². The zero-order valence-electron chi connectivity index (χ0n) is 22.6. The lowest BCUT2D eigenvalue weighted by atomic mass is 10.1. The van der Waals surface area contributed by atoms with Crippen molar-refractivity contribution >= 4 is 60.6 Å². The molecule has 0 aliphatic heterocycles. The zero-order valence-corrected chi connectivity index (χ0v) is 22.6. The highest BCUT2D eigenvalue weighted by Crippen LogP contribution is 2.43. The number of hydrogen-bond donors (Lipinski definition) is 0. The van der Waals surface area contributed by atoms with E-state index in [4.69, 9.17) is 9.97 Å². The Balaban J connectivity index is 1.53. The smallest absolute Gasteiger partial charge is 0.199 e. The third-order valence-electron chi connectivity index (χ3n) is 8.31. The Kier molecular flexibility index (Phi) is 4.92. The molecule has 4 aromatic heterocycles. The molecule has 6 heteroatoms. The number of nitrogens with zero attached hydrogens (tertiary/aromatic N) is 6. The molecule has 0 N–H and O–H groups in total. The van der Waals surface area contributed by atoms with Crippen molar-refractivity contribution in [2.24, 2.45) is 0 Å². The predicted molar refractivity (Wildman–Crippen MR) is 171 cm³/mol. The molecule has 0 fully saturated rings. The summed E-state index contributed by atoms with van der Waals surface area (Å²) in [6, 6.07) is 32.1. The van der Waals surface area contributed by atoms with Gasteiger partial charge in [0.1, 0.15) is 5.69 Å². The molecule has 1 aliphatic carbocycles. The first-order valence-electron chi connectivity index (χ1n) is 14.2. The van der Waals surface area contributed by atoms with Crippen LogP contribution in [-0.4, -0.2) is 29.1 Å². The molecule has 198 valence electrons. The van der Waals surface area contributed by atoms with Crippen LogP contribution in [0.4, 0.5) is 0 Å². The second-order valence-electron chi connectivity index (χ2n) is 10.7. The predicted octanol–water partition coefficient (Wildman–Crippen LogP) is 8.48. The van der Waals surface area contributed by atoms with Crippen molar-refractivity contribution in [3.8, 4) is 17.1 Å². The molecule has 4 aromatic carbocycles. The van der Waals surface area contributed by atoms with E-state index in [1.165, 1.54) is 38.3 Å². The molecule has 0 saturated heterocycles. The maximum atomic E-state index is 5.19. The van der Waals surface area contributed by atoms with E-state index in [1.54, 1.807) is 12.4 Å². The normalized spacial score (nSPS) is 13.6. The van der Waals surface area contributed by atoms with Crippen LogP contribution in [0.2, 0.25) is 0 Å². The summed E-state index contributed by atoms with van der Waals surface area (Å²) in [5.74, 6) is 0.738. The Bertz CT molecular complexity index is 2410. The molecule has 8 aromatic rings. The Morgan fingerprint density at radius 3 is 1.88 bits per heavy atom. The van der Waals surface area contributed by atoms with E-state index in [0.717, 1.165) is 41.0 Å². The largest absolute Gasteiger partial charge is 0.311 e. The van der Waals surface area contributed by atoms with Crippen LogP contribution in [0.5, 0.6) is 0 Å². The highest BCUT2D eigenvalue weighted by Gasteiger charge is 2.24. The molecule has 0 amide bonds. The quantitative estimate of drug-likeness (QED) is 0.225. The first-order chi connectivity index (χ1) is 20.9. The number of fused-ring (bicyclic) bond motifs is 8. The average molecular weight is 541 g/mol. The molecule has 4 heterocycles. The van der Waals surface area contributed by atoms with Crippen molar-refractivity contribution in [3.63, 3.8) is 0 Å². The molecular formula is C36H24N6. The summed E-state index contributed by atoms with van der Waals surface area (Å²) in [6.45, 7) is 0. The SMILES string of the molecule is C1=CCCC(n2c3ccccc3c3ccc4c5ccccc5n(-c5nc6nccnc6nc5-c5ccccc5)c4c32)=C1. The molecule has 0 saturated carbocycles. The summed E-state index contributed by atoms with van der Waals surface area (Å²) < 4.78 is 4.76. The van der Waals surface area contributed by atoms with Crippen LogP contribution in [0.25, 0.3) is 77.7 Å². The lowest BCUT2D eigenvalue weighted by Crippen LogP contribution is -2.06. The van der Waals surface area contributed by atoms with Gasteiger partial charge < -0.3 is 4.57 Å². The van der Waals surface area contributed by atoms with Gasteiger partial charge in [-0.2, -0.15) is 0 Å². The minimum absolute atomic E-state index is 0.519. The fourth-order valence-electron chi connectivity index (χ4n) is 6.53. The highest BCUT2D eigenvalue weighted by atomic mass is 15.1. The minimum Gasteiger partial charge on any atom is -0.311 e. The van der Waals surface area contributed by atoms with E-state index in [-0.39, 0.29) is 0 Å². The van der Waals surface area contributed by atoms with Gasteiger partial charge in [-0.05, 0) is 31.1 Å². The molecule has 0 radical (unpaired) electrons. The van der Waals surface area contributed by atoms with E-state index in [1.807, 2.05) is 18.2 Å². The summed E-state index contributed by atoms with van der Waals surface area (Å²) in [7, 11) is 0. The van der Waals surface area contributed by atoms with Crippen molar-refractivity contribution in [1.29, 1.82) is 0 Å². The molecule has 0 spiro atoms. The van der Waals surface area contributed by atoms with Gasteiger partial charge in [0.15, 0.2) is 17.1 Å². The first-order valence-corrected chi connectivity index (χ1v) is 14.2. The monoisotopic (exact) mass is 540 g/mol. The highest BCUT2D eigenvalue weighted by molar-refractivity contribution is 6.24. The number of hydrogen-bond acceptors (Lipinski definition) is 4. The Labute approximate surface area is 240 Å².